The molecule has 6 nitrogen and oxygen atoms in total. The number of aliphatic carboxylic acids is 1. The van der Waals surface area contributed by atoms with Crippen LogP contribution >= 0.6 is 9.24 Å². The second kappa shape index (κ2) is 9.12. The first-order chi connectivity index (χ1) is 15.7. The van der Waals surface area contributed by atoms with Crippen LogP contribution in [0.15, 0.2) is 67.0 Å². The highest BCUT2D eigenvalue weighted by molar-refractivity contribution is 7.27. The Kier molecular flexibility index (Phi) is 6.25. The molecule has 0 spiro atoms. The number of carboxylic acids is 1. The smallest absolute Gasteiger partial charge is 0.312 e. The third-order valence-electron chi connectivity index (χ3n) is 5.22. The van der Waals surface area contributed by atoms with Gasteiger partial charge < -0.3 is 14.8 Å². The number of H-pyrrole nitrogens is 1. The number of rotatable bonds is 7. The van der Waals surface area contributed by atoms with Gasteiger partial charge in [0.2, 0.25) is 0 Å². The van der Waals surface area contributed by atoms with Gasteiger partial charge in [0.05, 0.1) is 23.0 Å². The SMILES string of the molecule is CC(C)(COc1ccc(-c2ccc(-c3ncc(-c4ccc(P)cc4F)[nH]3)cn2)cc1)C(=O)O. The maximum Gasteiger partial charge on any atom is 0.312 e. The van der Waals surface area contributed by atoms with E-state index < -0.39 is 11.4 Å². The molecule has 0 amide bonds. The summed E-state index contributed by atoms with van der Waals surface area (Å²) in [6.07, 6.45) is 3.31. The Balaban J connectivity index is 1.47. The normalized spacial score (nSPS) is 11.4. The first kappa shape index (κ1) is 22.6. The molecule has 2 aromatic heterocycles. The van der Waals surface area contributed by atoms with E-state index in [0.717, 1.165) is 22.1 Å². The van der Waals surface area contributed by atoms with Gasteiger partial charge in [-0.25, -0.2) is 9.37 Å². The minimum atomic E-state index is -0.966. The maximum absolute atomic E-state index is 14.3. The van der Waals surface area contributed by atoms with Gasteiger partial charge in [-0.05, 0) is 67.7 Å². The van der Waals surface area contributed by atoms with Crippen LogP contribution in [0.3, 0.4) is 0 Å². The van der Waals surface area contributed by atoms with E-state index in [0.29, 0.717) is 22.8 Å². The number of carbonyl (C=O) groups is 1. The number of pyridine rings is 1. The lowest BCUT2D eigenvalue weighted by Crippen LogP contribution is -2.30. The van der Waals surface area contributed by atoms with Crippen LogP contribution in [0.1, 0.15) is 13.8 Å². The van der Waals surface area contributed by atoms with Crippen molar-refractivity contribution in [2.24, 2.45) is 5.41 Å². The first-order valence-corrected chi connectivity index (χ1v) is 10.8. The van der Waals surface area contributed by atoms with Crippen LogP contribution in [-0.4, -0.2) is 32.6 Å². The number of aromatic amines is 1. The van der Waals surface area contributed by atoms with Crippen molar-refractivity contribution in [3.63, 3.8) is 0 Å². The van der Waals surface area contributed by atoms with Crippen LogP contribution in [-0.2, 0) is 4.79 Å². The molecule has 2 aromatic carbocycles. The molecule has 0 fully saturated rings. The first-order valence-electron chi connectivity index (χ1n) is 10.3. The third kappa shape index (κ3) is 5.10. The topological polar surface area (TPSA) is 88.1 Å². The van der Waals surface area contributed by atoms with Crippen LogP contribution in [0.25, 0.3) is 33.9 Å². The third-order valence-corrected chi connectivity index (χ3v) is 5.58. The lowest BCUT2D eigenvalue weighted by Gasteiger charge is -2.19. The molecule has 168 valence electrons. The van der Waals surface area contributed by atoms with Crippen molar-refractivity contribution in [3.05, 3.63) is 72.8 Å². The minimum Gasteiger partial charge on any atom is -0.492 e. The summed E-state index contributed by atoms with van der Waals surface area (Å²) in [6, 6.07) is 16.1. The molecule has 4 rings (SSSR count). The van der Waals surface area contributed by atoms with E-state index in [4.69, 9.17) is 4.74 Å². The van der Waals surface area contributed by atoms with Crippen molar-refractivity contribution in [1.29, 1.82) is 0 Å². The van der Waals surface area contributed by atoms with E-state index in [1.54, 1.807) is 44.4 Å². The van der Waals surface area contributed by atoms with Gasteiger partial charge in [0.15, 0.2) is 0 Å². The predicted octanol–water partition coefficient (Wildman–Crippen LogP) is 4.93. The molecule has 0 radical (unpaired) electrons. The van der Waals surface area contributed by atoms with Crippen molar-refractivity contribution >= 4 is 20.5 Å². The number of halogens is 1. The Hall–Kier alpha value is -3.57. The number of ether oxygens (including phenoxy) is 1. The molecule has 1 atom stereocenters. The second-order valence-corrected chi connectivity index (χ2v) is 8.99. The van der Waals surface area contributed by atoms with E-state index in [9.17, 15) is 14.3 Å². The molecule has 2 N–H and O–H groups in total. The summed E-state index contributed by atoms with van der Waals surface area (Å²) in [5, 5.41) is 9.96. The standard InChI is InChI=1S/C25H23FN3O3P/c1-25(2,24(30)31)14-32-17-6-3-15(4-7-17)21-10-5-16(12-27-21)23-28-13-22(29-23)19-9-8-18(33)11-20(19)26/h3-13H,14,33H2,1-2H3,(H,28,29)(H,30,31). The van der Waals surface area contributed by atoms with E-state index >= 15 is 0 Å². The molecular formula is C25H23FN3O3P. The quantitative estimate of drug-likeness (QED) is 0.379. The van der Waals surface area contributed by atoms with Gasteiger partial charge in [0.25, 0.3) is 0 Å². The van der Waals surface area contributed by atoms with Crippen LogP contribution in [0.4, 0.5) is 4.39 Å². The molecular weight excluding hydrogens is 440 g/mol. The second-order valence-electron chi connectivity index (χ2n) is 8.32. The average molecular weight is 463 g/mol. The molecule has 0 bridgehead atoms. The summed E-state index contributed by atoms with van der Waals surface area (Å²) in [5.41, 5.74) is 2.53. The molecule has 1 unspecified atom stereocenters. The fourth-order valence-corrected chi connectivity index (χ4v) is 3.35. The molecule has 0 saturated heterocycles. The Morgan fingerprint density at radius 1 is 1.06 bits per heavy atom. The summed E-state index contributed by atoms with van der Waals surface area (Å²) in [7, 11) is 2.47. The fraction of sp³-hybridized carbons (Fsp3) is 0.160. The largest absolute Gasteiger partial charge is 0.492 e. The summed E-state index contributed by atoms with van der Waals surface area (Å²) in [6.45, 7) is 3.31. The van der Waals surface area contributed by atoms with Crippen molar-refractivity contribution in [2.45, 2.75) is 13.8 Å². The maximum atomic E-state index is 14.3. The van der Waals surface area contributed by atoms with Crippen LogP contribution in [0.2, 0.25) is 0 Å². The van der Waals surface area contributed by atoms with Crippen LogP contribution in [0.5, 0.6) is 5.75 Å². The van der Waals surface area contributed by atoms with Gasteiger partial charge in [-0.15, -0.1) is 9.24 Å². The molecule has 0 aliphatic carbocycles. The van der Waals surface area contributed by atoms with E-state index in [2.05, 4.69) is 24.2 Å². The Bertz CT molecular complexity index is 1290. The van der Waals surface area contributed by atoms with Crippen molar-refractivity contribution in [2.75, 3.05) is 6.61 Å². The lowest BCUT2D eigenvalue weighted by atomic mass is 9.95. The number of nitrogens with one attached hydrogen (secondary N) is 1. The number of hydrogen-bond donors (Lipinski definition) is 2. The molecule has 2 heterocycles. The molecule has 0 aliphatic heterocycles. The highest BCUT2D eigenvalue weighted by atomic mass is 31.0. The van der Waals surface area contributed by atoms with Crippen molar-refractivity contribution in [3.8, 4) is 39.7 Å². The Morgan fingerprint density at radius 2 is 1.79 bits per heavy atom. The van der Waals surface area contributed by atoms with E-state index in [1.807, 2.05) is 30.3 Å². The monoisotopic (exact) mass is 463 g/mol. The number of imidazole rings is 1. The number of carboxylic acid groups (broad SMARTS) is 1. The minimum absolute atomic E-state index is 0.0746. The number of hydrogen-bond acceptors (Lipinski definition) is 4. The van der Waals surface area contributed by atoms with Gasteiger partial charge in [-0.2, -0.15) is 0 Å². The predicted molar refractivity (Wildman–Crippen MR) is 129 cm³/mol. The Labute approximate surface area is 193 Å². The van der Waals surface area contributed by atoms with Crippen molar-refractivity contribution in [1.82, 2.24) is 15.0 Å². The molecule has 33 heavy (non-hydrogen) atoms. The lowest BCUT2D eigenvalue weighted by molar-refractivity contribution is -0.148. The average Bonchev–Trinajstić information content (AvgIpc) is 3.28. The summed E-state index contributed by atoms with van der Waals surface area (Å²) in [5.74, 6) is -0.0294. The Morgan fingerprint density at radius 3 is 2.42 bits per heavy atom. The zero-order valence-electron chi connectivity index (χ0n) is 18.2. The molecule has 0 aliphatic rings. The fourth-order valence-electron chi connectivity index (χ4n) is 3.11. The molecule has 0 saturated carbocycles. The summed E-state index contributed by atoms with van der Waals surface area (Å²) < 4.78 is 19.9. The van der Waals surface area contributed by atoms with Crippen LogP contribution < -0.4 is 10.0 Å². The van der Waals surface area contributed by atoms with Crippen molar-refractivity contribution < 1.29 is 19.0 Å². The zero-order valence-corrected chi connectivity index (χ0v) is 19.3. The molecule has 8 heteroatoms. The van der Waals surface area contributed by atoms with E-state index in [1.165, 1.54) is 6.07 Å². The van der Waals surface area contributed by atoms with Gasteiger partial charge in [0.1, 0.15) is 24.0 Å². The zero-order chi connectivity index (χ0) is 23.6. The van der Waals surface area contributed by atoms with Crippen LogP contribution in [0, 0.1) is 11.2 Å². The highest BCUT2D eigenvalue weighted by Crippen LogP contribution is 2.27. The number of nitrogens with zero attached hydrogens (tertiary/aromatic N) is 2. The van der Waals surface area contributed by atoms with Gasteiger partial charge in [-0.1, -0.05) is 6.07 Å². The number of aromatic nitrogens is 3. The van der Waals surface area contributed by atoms with E-state index in [-0.39, 0.29) is 12.4 Å². The summed E-state index contributed by atoms with van der Waals surface area (Å²) in [4.78, 5) is 23.2. The molecule has 4 aromatic rings. The number of benzene rings is 2. The highest BCUT2D eigenvalue weighted by Gasteiger charge is 2.28. The van der Waals surface area contributed by atoms with Gasteiger partial charge in [0, 0.05) is 22.9 Å². The summed E-state index contributed by atoms with van der Waals surface area (Å²) >= 11 is 0. The van der Waals surface area contributed by atoms with Gasteiger partial charge in [-0.3, -0.25) is 9.78 Å². The van der Waals surface area contributed by atoms with Gasteiger partial charge >= 0.3 is 5.97 Å².